The number of amidine groups is 1. The molecule has 2 atom stereocenters. The third kappa shape index (κ3) is 6.70. The molecule has 31 heavy (non-hydrogen) atoms. The topological polar surface area (TPSA) is 199 Å². The van der Waals surface area contributed by atoms with Crippen molar-refractivity contribution in [3.05, 3.63) is 53.5 Å². The molecule has 0 aliphatic carbocycles. The standard InChI is InChI=1S/C20H22N4O7/c1-10(18(26)24-14(19(27)28)9-16(21)25)8-13-6-7-15(30-13)20(29)31-12-4-2-11(3-5-12)17(22)23/h2-7,10,14H,8-9H2,1H3,(H2,21,25)(H3,22,23)(H,24,26)(H,27,28)/t10-,14+/m1/s1. The number of aliphatic carboxylic acids is 1. The number of nitrogen functional groups attached to an aromatic ring is 1. The van der Waals surface area contributed by atoms with E-state index >= 15 is 0 Å². The van der Waals surface area contributed by atoms with Crippen molar-refractivity contribution < 1.29 is 33.4 Å². The second-order valence-corrected chi connectivity index (χ2v) is 6.77. The van der Waals surface area contributed by atoms with Crippen molar-refractivity contribution in [2.45, 2.75) is 25.8 Å². The predicted molar refractivity (Wildman–Crippen MR) is 107 cm³/mol. The quantitative estimate of drug-likeness (QED) is 0.154. The fourth-order valence-electron chi connectivity index (χ4n) is 2.57. The number of carbonyl (C=O) groups is 4. The number of carboxylic acid groups (broad SMARTS) is 1. The summed E-state index contributed by atoms with van der Waals surface area (Å²) in [5.41, 5.74) is 10.8. The van der Waals surface area contributed by atoms with Crippen molar-refractivity contribution in [1.82, 2.24) is 5.32 Å². The van der Waals surface area contributed by atoms with Crippen LogP contribution >= 0.6 is 0 Å². The van der Waals surface area contributed by atoms with E-state index in [-0.39, 0.29) is 23.8 Å². The third-order valence-electron chi connectivity index (χ3n) is 4.21. The largest absolute Gasteiger partial charge is 0.480 e. The fourth-order valence-corrected chi connectivity index (χ4v) is 2.57. The normalized spacial score (nSPS) is 12.4. The highest BCUT2D eigenvalue weighted by atomic mass is 16.5. The Morgan fingerprint density at radius 3 is 2.32 bits per heavy atom. The van der Waals surface area contributed by atoms with Crippen molar-refractivity contribution in [2.75, 3.05) is 0 Å². The minimum Gasteiger partial charge on any atom is -0.480 e. The minimum absolute atomic E-state index is 0.0787. The number of ether oxygens (including phenoxy) is 1. The molecule has 2 aromatic rings. The Hall–Kier alpha value is -4.15. The lowest BCUT2D eigenvalue weighted by Crippen LogP contribution is -2.45. The van der Waals surface area contributed by atoms with E-state index in [2.05, 4.69) is 5.32 Å². The predicted octanol–water partition coefficient (Wildman–Crippen LogP) is 0.406. The molecule has 2 amide bonds. The first kappa shape index (κ1) is 23.1. The fraction of sp³-hybridized carbons (Fsp3) is 0.250. The Morgan fingerprint density at radius 2 is 1.77 bits per heavy atom. The van der Waals surface area contributed by atoms with Gasteiger partial charge >= 0.3 is 11.9 Å². The van der Waals surface area contributed by atoms with Crippen LogP contribution in [0.5, 0.6) is 5.75 Å². The third-order valence-corrected chi connectivity index (χ3v) is 4.21. The van der Waals surface area contributed by atoms with Crippen LogP contribution < -0.4 is 21.5 Å². The molecule has 0 aliphatic rings. The van der Waals surface area contributed by atoms with Crippen LogP contribution in [-0.4, -0.2) is 40.7 Å². The summed E-state index contributed by atoms with van der Waals surface area (Å²) in [7, 11) is 0. The number of hydrogen-bond acceptors (Lipinski definition) is 7. The zero-order valence-electron chi connectivity index (χ0n) is 16.6. The molecule has 0 unspecified atom stereocenters. The van der Waals surface area contributed by atoms with Gasteiger partial charge in [-0.1, -0.05) is 6.92 Å². The molecular weight excluding hydrogens is 408 g/mol. The Labute approximate surface area is 176 Å². The zero-order chi connectivity index (χ0) is 23.1. The first-order chi connectivity index (χ1) is 14.6. The van der Waals surface area contributed by atoms with E-state index in [1.54, 1.807) is 0 Å². The minimum atomic E-state index is -1.43. The summed E-state index contributed by atoms with van der Waals surface area (Å²) in [5, 5.41) is 18.6. The summed E-state index contributed by atoms with van der Waals surface area (Å²) in [6.45, 7) is 1.54. The van der Waals surface area contributed by atoms with Crippen LogP contribution in [0, 0.1) is 11.3 Å². The van der Waals surface area contributed by atoms with Gasteiger partial charge in [-0.25, -0.2) is 9.59 Å². The summed E-state index contributed by atoms with van der Waals surface area (Å²) in [4.78, 5) is 46.5. The number of carboxylic acids is 1. The van der Waals surface area contributed by atoms with E-state index in [0.717, 1.165) is 0 Å². The molecule has 0 aliphatic heterocycles. The summed E-state index contributed by atoms with van der Waals surface area (Å²) < 4.78 is 10.6. The van der Waals surface area contributed by atoms with Gasteiger partial charge in [0.2, 0.25) is 17.6 Å². The van der Waals surface area contributed by atoms with Crippen molar-refractivity contribution in [2.24, 2.45) is 17.4 Å². The molecule has 1 aromatic heterocycles. The van der Waals surface area contributed by atoms with Crippen LogP contribution in [-0.2, 0) is 20.8 Å². The van der Waals surface area contributed by atoms with E-state index in [4.69, 9.17) is 31.1 Å². The molecule has 2 rings (SSSR count). The average Bonchev–Trinajstić information content (AvgIpc) is 3.16. The van der Waals surface area contributed by atoms with Gasteiger partial charge in [0.05, 0.1) is 6.42 Å². The number of primary amides is 1. The highest BCUT2D eigenvalue weighted by Gasteiger charge is 2.25. The number of carbonyl (C=O) groups excluding carboxylic acids is 3. The SMILES string of the molecule is C[C@H](Cc1ccc(C(=O)Oc2ccc(C(=N)N)cc2)o1)C(=O)N[C@@H](CC(N)=O)C(=O)O. The van der Waals surface area contributed by atoms with Gasteiger partial charge in [0.25, 0.3) is 0 Å². The first-order valence-electron chi connectivity index (χ1n) is 9.13. The second kappa shape index (κ2) is 10.1. The lowest BCUT2D eigenvalue weighted by Gasteiger charge is -2.16. The number of esters is 1. The van der Waals surface area contributed by atoms with E-state index in [9.17, 15) is 19.2 Å². The van der Waals surface area contributed by atoms with Crippen molar-refractivity contribution in [3.63, 3.8) is 0 Å². The zero-order valence-corrected chi connectivity index (χ0v) is 16.6. The molecule has 7 N–H and O–H groups in total. The maximum atomic E-state index is 12.2. The van der Waals surface area contributed by atoms with Crippen LogP contribution in [0.1, 0.15) is 35.2 Å². The van der Waals surface area contributed by atoms with E-state index in [0.29, 0.717) is 11.3 Å². The second-order valence-electron chi connectivity index (χ2n) is 6.77. The lowest BCUT2D eigenvalue weighted by atomic mass is 10.0. The van der Waals surface area contributed by atoms with Crippen LogP contribution in [0.25, 0.3) is 0 Å². The van der Waals surface area contributed by atoms with Gasteiger partial charge < -0.3 is 31.0 Å². The molecule has 11 nitrogen and oxygen atoms in total. The van der Waals surface area contributed by atoms with Gasteiger partial charge in [-0.05, 0) is 36.4 Å². The van der Waals surface area contributed by atoms with E-state index in [1.165, 1.54) is 43.3 Å². The number of hydrogen-bond donors (Lipinski definition) is 5. The molecule has 0 bridgehead atoms. The molecule has 0 radical (unpaired) electrons. The molecule has 0 fully saturated rings. The van der Waals surface area contributed by atoms with Crippen molar-refractivity contribution in [1.29, 1.82) is 5.41 Å². The first-order valence-corrected chi connectivity index (χ1v) is 9.13. The highest BCUT2D eigenvalue weighted by Crippen LogP contribution is 2.17. The van der Waals surface area contributed by atoms with E-state index < -0.39 is 42.1 Å². The maximum absolute atomic E-state index is 12.2. The highest BCUT2D eigenvalue weighted by molar-refractivity contribution is 5.95. The molecule has 1 heterocycles. The number of nitrogens with one attached hydrogen (secondary N) is 2. The number of benzene rings is 1. The monoisotopic (exact) mass is 430 g/mol. The van der Waals surface area contributed by atoms with Gasteiger partial charge in [-0.3, -0.25) is 15.0 Å². The lowest BCUT2D eigenvalue weighted by molar-refractivity contribution is -0.143. The number of nitrogens with two attached hydrogens (primary N) is 2. The van der Waals surface area contributed by atoms with Gasteiger partial charge in [-0.15, -0.1) is 0 Å². The average molecular weight is 430 g/mol. The molecule has 0 saturated heterocycles. The summed E-state index contributed by atoms with van der Waals surface area (Å²) in [5.74, 6) is -3.97. The van der Waals surface area contributed by atoms with Crippen molar-refractivity contribution in [3.8, 4) is 5.75 Å². The molecular formula is C20H22N4O7. The smallest absolute Gasteiger partial charge is 0.379 e. The van der Waals surface area contributed by atoms with Crippen LogP contribution in [0.2, 0.25) is 0 Å². The molecule has 164 valence electrons. The van der Waals surface area contributed by atoms with Gasteiger partial charge in [-0.2, -0.15) is 0 Å². The summed E-state index contributed by atoms with van der Waals surface area (Å²) in [6, 6.07) is 7.48. The maximum Gasteiger partial charge on any atom is 0.379 e. The molecule has 0 saturated carbocycles. The summed E-state index contributed by atoms with van der Waals surface area (Å²) in [6.07, 6.45) is -0.451. The van der Waals surface area contributed by atoms with Gasteiger partial charge in [0, 0.05) is 17.9 Å². The Kier molecular flexibility index (Phi) is 7.50. The molecule has 11 heteroatoms. The number of amides is 2. The number of rotatable bonds is 10. The molecule has 1 aromatic carbocycles. The van der Waals surface area contributed by atoms with Crippen LogP contribution in [0.3, 0.4) is 0 Å². The van der Waals surface area contributed by atoms with Crippen molar-refractivity contribution >= 4 is 29.6 Å². The van der Waals surface area contributed by atoms with E-state index in [1.807, 2.05) is 0 Å². The molecule has 0 spiro atoms. The van der Waals surface area contributed by atoms with Crippen LogP contribution in [0.15, 0.2) is 40.8 Å². The van der Waals surface area contributed by atoms with Crippen LogP contribution in [0.4, 0.5) is 0 Å². The number of furan rings is 1. The Balaban J connectivity index is 1.95. The van der Waals surface area contributed by atoms with Gasteiger partial charge in [0.15, 0.2) is 0 Å². The Morgan fingerprint density at radius 1 is 1.13 bits per heavy atom. The summed E-state index contributed by atoms with van der Waals surface area (Å²) >= 11 is 0. The van der Waals surface area contributed by atoms with Gasteiger partial charge in [0.1, 0.15) is 23.4 Å². The Bertz CT molecular complexity index is 997.